The first kappa shape index (κ1) is 27.0. The van der Waals surface area contributed by atoms with Crippen LogP contribution in [0.2, 0.25) is 0 Å². The SMILES string of the molecule is Fc1cc(F)c2c(F)ccc(OB(Oc3c(F)ccc(F)c3F)Oc3cccc4c(F)c(F)c(F)c(F)c34)c2c1. The maximum atomic E-state index is 14.7. The van der Waals surface area contributed by atoms with E-state index in [1.54, 1.807) is 0 Å². The Kier molecular flexibility index (Phi) is 6.86. The fourth-order valence-corrected chi connectivity index (χ4v) is 3.89. The van der Waals surface area contributed by atoms with Crippen molar-refractivity contribution in [2.75, 3.05) is 0 Å². The van der Waals surface area contributed by atoms with Crippen molar-refractivity contribution in [3.8, 4) is 17.2 Å². The first-order valence-corrected chi connectivity index (χ1v) is 10.9. The van der Waals surface area contributed by atoms with E-state index in [-0.39, 0.29) is 0 Å². The van der Waals surface area contributed by atoms with Crippen LogP contribution in [0.3, 0.4) is 0 Å². The molecule has 5 aromatic carbocycles. The summed E-state index contributed by atoms with van der Waals surface area (Å²) < 4.78 is 158. The fourth-order valence-electron chi connectivity index (χ4n) is 3.89. The van der Waals surface area contributed by atoms with Crippen LogP contribution in [0, 0.1) is 58.2 Å². The van der Waals surface area contributed by atoms with Crippen LogP contribution in [-0.2, 0) is 0 Å². The molecule has 0 amide bonds. The summed E-state index contributed by atoms with van der Waals surface area (Å²) in [6, 6.07) is 6.06. The van der Waals surface area contributed by atoms with Gasteiger partial charge in [-0.05, 0) is 36.4 Å². The molecule has 0 heterocycles. The molecule has 14 heteroatoms. The molecule has 0 fully saturated rings. The van der Waals surface area contributed by atoms with E-state index in [0.29, 0.717) is 30.3 Å². The number of rotatable bonds is 6. The molecule has 0 saturated heterocycles. The highest BCUT2D eigenvalue weighted by atomic mass is 19.2. The Hall–Kier alpha value is -4.62. The molecule has 0 aromatic heterocycles. The van der Waals surface area contributed by atoms with Crippen molar-refractivity contribution in [3.05, 3.63) is 113 Å². The third-order valence-electron chi connectivity index (χ3n) is 5.66. The van der Waals surface area contributed by atoms with Crippen molar-refractivity contribution in [2.24, 2.45) is 0 Å². The monoisotopic (exact) mass is 570 g/mol. The Morgan fingerprint density at radius 3 is 1.85 bits per heavy atom. The highest BCUT2D eigenvalue weighted by Crippen LogP contribution is 2.36. The predicted molar refractivity (Wildman–Crippen MR) is 122 cm³/mol. The molecule has 5 aromatic rings. The molecule has 40 heavy (non-hydrogen) atoms. The highest BCUT2D eigenvalue weighted by Gasteiger charge is 2.36. The second-order valence-corrected chi connectivity index (χ2v) is 8.10. The van der Waals surface area contributed by atoms with Crippen LogP contribution in [0.15, 0.2) is 54.6 Å². The van der Waals surface area contributed by atoms with Crippen LogP contribution < -0.4 is 14.0 Å². The minimum atomic E-state index is -2.52. The summed E-state index contributed by atoms with van der Waals surface area (Å²) in [4.78, 5) is 0. The molecule has 0 atom stereocenters. The molecule has 0 N–H and O–H groups in total. The van der Waals surface area contributed by atoms with Crippen molar-refractivity contribution < 1.29 is 57.9 Å². The van der Waals surface area contributed by atoms with Crippen molar-refractivity contribution in [2.45, 2.75) is 0 Å². The van der Waals surface area contributed by atoms with Gasteiger partial charge in [-0.2, -0.15) is 4.39 Å². The summed E-state index contributed by atoms with van der Waals surface area (Å²) in [5, 5.41) is -3.18. The van der Waals surface area contributed by atoms with Crippen LogP contribution in [0.5, 0.6) is 17.2 Å². The van der Waals surface area contributed by atoms with Crippen LogP contribution in [0.25, 0.3) is 21.5 Å². The lowest BCUT2D eigenvalue weighted by Gasteiger charge is -2.19. The molecular formula is C26H9BF10O3. The smallest absolute Gasteiger partial charge is 0.489 e. The second-order valence-electron chi connectivity index (χ2n) is 8.10. The average Bonchev–Trinajstić information content (AvgIpc) is 2.91. The molecule has 0 saturated carbocycles. The van der Waals surface area contributed by atoms with E-state index in [0.717, 1.165) is 24.3 Å². The topological polar surface area (TPSA) is 27.7 Å². The lowest BCUT2D eigenvalue weighted by molar-refractivity contribution is 0.290. The summed E-state index contributed by atoms with van der Waals surface area (Å²) in [6.07, 6.45) is 0. The van der Waals surface area contributed by atoms with Gasteiger partial charge in [0.25, 0.3) is 0 Å². The normalized spacial score (nSPS) is 11.2. The van der Waals surface area contributed by atoms with E-state index >= 15 is 0 Å². The quantitative estimate of drug-likeness (QED) is 0.0900. The summed E-state index contributed by atoms with van der Waals surface area (Å²) >= 11 is 0. The van der Waals surface area contributed by atoms with E-state index in [1.165, 1.54) is 0 Å². The maximum Gasteiger partial charge on any atom is 0.864 e. The summed E-state index contributed by atoms with van der Waals surface area (Å²) in [5.41, 5.74) is 0. The summed E-state index contributed by atoms with van der Waals surface area (Å²) in [6.45, 7) is 0. The zero-order valence-corrected chi connectivity index (χ0v) is 19.3. The molecule has 0 aliphatic heterocycles. The lowest BCUT2D eigenvalue weighted by atomic mass is 10.1. The Bertz CT molecular complexity index is 1810. The van der Waals surface area contributed by atoms with Gasteiger partial charge in [0.15, 0.2) is 40.7 Å². The zero-order chi connectivity index (χ0) is 28.9. The highest BCUT2D eigenvalue weighted by molar-refractivity contribution is 6.40. The Labute approximate surface area is 217 Å². The van der Waals surface area contributed by atoms with Crippen LogP contribution in [-0.4, -0.2) is 7.32 Å². The summed E-state index contributed by atoms with van der Waals surface area (Å²) in [5.74, 6) is -19.7. The van der Waals surface area contributed by atoms with Crippen molar-refractivity contribution >= 4 is 28.9 Å². The van der Waals surface area contributed by atoms with Gasteiger partial charge in [-0.1, -0.05) is 12.1 Å². The molecule has 0 spiro atoms. The lowest BCUT2D eigenvalue weighted by Crippen LogP contribution is -2.38. The minimum Gasteiger partial charge on any atom is -0.489 e. The Morgan fingerprint density at radius 2 is 1.10 bits per heavy atom. The standard InChI is InChI=1S/C26H9BF10O3/c28-10-8-12-17(7-6-13(29)19(12)16(32)9-10)38-27(40-26-15(31)5-4-14(30)22(26)34)39-18-3-1-2-11-20(18)23(35)25(37)24(36)21(11)33/h1-9H. The third-order valence-corrected chi connectivity index (χ3v) is 5.66. The van der Waals surface area contributed by atoms with Gasteiger partial charge < -0.3 is 14.0 Å². The van der Waals surface area contributed by atoms with Gasteiger partial charge in [-0.3, -0.25) is 0 Å². The number of hydrogen-bond donors (Lipinski definition) is 0. The van der Waals surface area contributed by atoms with Crippen LogP contribution in [0.4, 0.5) is 43.9 Å². The van der Waals surface area contributed by atoms with E-state index in [9.17, 15) is 43.9 Å². The largest absolute Gasteiger partial charge is 0.864 e. The maximum absolute atomic E-state index is 14.7. The fraction of sp³-hybridized carbons (Fsp3) is 0. The molecule has 0 unspecified atom stereocenters. The van der Waals surface area contributed by atoms with Gasteiger partial charge in [0.1, 0.15) is 29.0 Å². The van der Waals surface area contributed by atoms with Gasteiger partial charge >= 0.3 is 7.32 Å². The molecule has 0 aliphatic rings. The molecule has 0 radical (unpaired) electrons. The summed E-state index contributed by atoms with van der Waals surface area (Å²) in [7, 11) is -2.52. The number of fused-ring (bicyclic) bond motifs is 2. The second kappa shape index (κ2) is 10.2. The van der Waals surface area contributed by atoms with E-state index in [1.807, 2.05) is 0 Å². The van der Waals surface area contributed by atoms with Crippen molar-refractivity contribution in [1.29, 1.82) is 0 Å². The molecular weight excluding hydrogens is 561 g/mol. The van der Waals surface area contributed by atoms with Crippen molar-refractivity contribution in [3.63, 3.8) is 0 Å². The molecule has 0 bridgehead atoms. The van der Waals surface area contributed by atoms with E-state index in [2.05, 4.69) is 0 Å². The molecule has 5 rings (SSSR count). The van der Waals surface area contributed by atoms with Gasteiger partial charge in [0.2, 0.25) is 5.82 Å². The first-order chi connectivity index (χ1) is 19.0. The average molecular weight is 570 g/mol. The van der Waals surface area contributed by atoms with Gasteiger partial charge in [-0.15, -0.1) is 0 Å². The zero-order valence-electron chi connectivity index (χ0n) is 19.3. The molecule has 0 aliphatic carbocycles. The first-order valence-electron chi connectivity index (χ1n) is 10.9. The number of halogens is 10. The van der Waals surface area contributed by atoms with Crippen LogP contribution in [0.1, 0.15) is 0 Å². The molecule has 204 valence electrons. The number of hydrogen-bond acceptors (Lipinski definition) is 3. The third kappa shape index (κ3) is 4.59. The van der Waals surface area contributed by atoms with Crippen molar-refractivity contribution in [1.82, 2.24) is 0 Å². The van der Waals surface area contributed by atoms with Gasteiger partial charge in [0.05, 0.1) is 10.8 Å². The van der Waals surface area contributed by atoms with Crippen LogP contribution >= 0.6 is 0 Å². The van der Waals surface area contributed by atoms with E-state index in [4.69, 9.17) is 14.0 Å². The number of benzene rings is 5. The van der Waals surface area contributed by atoms with E-state index < -0.39 is 104 Å². The Balaban J connectivity index is 1.67. The molecule has 3 nitrogen and oxygen atoms in total. The Morgan fingerprint density at radius 1 is 0.450 bits per heavy atom. The van der Waals surface area contributed by atoms with Gasteiger partial charge in [-0.25, -0.2) is 39.5 Å². The predicted octanol–water partition coefficient (Wildman–Crippen LogP) is 7.91. The van der Waals surface area contributed by atoms with Gasteiger partial charge in [0, 0.05) is 16.8 Å². The minimum absolute atomic E-state index is 0.359.